The lowest BCUT2D eigenvalue weighted by atomic mass is 10.1. The van der Waals surface area contributed by atoms with Crippen LogP contribution in [-0.4, -0.2) is 52.9 Å². The molecule has 0 unspecified atom stereocenters. The van der Waals surface area contributed by atoms with Gasteiger partial charge in [0.2, 0.25) is 0 Å². The number of rotatable bonds is 5. The van der Waals surface area contributed by atoms with Gasteiger partial charge in [-0.2, -0.15) is 5.26 Å². The Bertz CT molecular complexity index is 771. The third-order valence-electron chi connectivity index (χ3n) is 4.57. The Balaban J connectivity index is 1.57. The van der Waals surface area contributed by atoms with Gasteiger partial charge in [-0.25, -0.2) is 9.97 Å². The van der Waals surface area contributed by atoms with Crippen molar-refractivity contribution in [2.45, 2.75) is 19.4 Å². The fraction of sp³-hybridized carbons (Fsp3) is 0.368. The molecule has 3 rings (SSSR count). The molecule has 1 saturated heterocycles. The normalized spacial score (nSPS) is 17.9. The number of carbonyl (C=O) groups is 1. The molecule has 0 spiro atoms. The second-order valence-electron chi connectivity index (χ2n) is 6.21. The molecule has 25 heavy (non-hydrogen) atoms. The van der Waals surface area contributed by atoms with Gasteiger partial charge in [0.05, 0.1) is 0 Å². The molecule has 1 aliphatic rings. The highest BCUT2D eigenvalue weighted by atomic mass is 16.1. The number of ketones is 1. The largest absolute Gasteiger partial charge is 0.351 e. The maximum atomic E-state index is 12.3. The van der Waals surface area contributed by atoms with Gasteiger partial charge in [-0.15, -0.1) is 0 Å². The summed E-state index contributed by atoms with van der Waals surface area (Å²) in [5.41, 5.74) is 1.13. The molecule has 1 aliphatic heterocycles. The van der Waals surface area contributed by atoms with Crippen molar-refractivity contribution in [3.63, 3.8) is 0 Å². The van der Waals surface area contributed by atoms with E-state index >= 15 is 0 Å². The van der Waals surface area contributed by atoms with E-state index in [9.17, 15) is 10.1 Å². The van der Waals surface area contributed by atoms with Crippen LogP contribution in [-0.2, 0) is 0 Å². The Kier molecular flexibility index (Phi) is 5.36. The fourth-order valence-electron chi connectivity index (χ4n) is 3.17. The van der Waals surface area contributed by atoms with Crippen LogP contribution in [0.2, 0.25) is 0 Å². The number of benzene rings is 1. The molecule has 0 N–H and O–H groups in total. The van der Waals surface area contributed by atoms with Gasteiger partial charge in [0.15, 0.2) is 17.3 Å². The highest BCUT2D eigenvalue weighted by Gasteiger charge is 2.26. The van der Waals surface area contributed by atoms with Crippen LogP contribution in [0.5, 0.6) is 0 Å². The molecule has 1 aromatic heterocycles. The molecule has 0 radical (unpaired) electrons. The van der Waals surface area contributed by atoms with E-state index in [1.807, 2.05) is 30.3 Å². The minimum absolute atomic E-state index is 0.177. The molecule has 1 atom stereocenters. The van der Waals surface area contributed by atoms with Crippen molar-refractivity contribution in [1.29, 1.82) is 5.26 Å². The third kappa shape index (κ3) is 4.01. The number of nitrogens with zero attached hydrogens (tertiary/aromatic N) is 5. The summed E-state index contributed by atoms with van der Waals surface area (Å²) in [4.78, 5) is 25.1. The maximum Gasteiger partial charge on any atom is 0.183 e. The van der Waals surface area contributed by atoms with Gasteiger partial charge in [0.25, 0.3) is 0 Å². The predicted octanol–water partition coefficient (Wildman–Crippen LogP) is 2.13. The molecule has 1 aromatic carbocycles. The van der Waals surface area contributed by atoms with Crippen molar-refractivity contribution in [3.8, 4) is 6.07 Å². The Morgan fingerprint density at radius 2 is 2.00 bits per heavy atom. The van der Waals surface area contributed by atoms with Crippen LogP contribution in [0, 0.1) is 11.3 Å². The molecule has 0 saturated carbocycles. The molecule has 2 heterocycles. The molecular formula is C19H21N5O. The standard InChI is InChI=1S/C19H21N5O/c1-15-14-24(19-17(13-20)21-8-9-22-19)12-11-23(15)10-7-18(25)16-5-3-2-4-6-16/h2-6,8-9,15H,7,10-12,14H2,1H3/t15-/m1/s1. The molecular weight excluding hydrogens is 314 g/mol. The average molecular weight is 335 g/mol. The summed E-state index contributed by atoms with van der Waals surface area (Å²) >= 11 is 0. The van der Waals surface area contributed by atoms with E-state index in [0.717, 1.165) is 31.7 Å². The summed E-state index contributed by atoms with van der Waals surface area (Å²) in [6.07, 6.45) is 3.67. The molecule has 0 amide bonds. The topological polar surface area (TPSA) is 73.1 Å². The van der Waals surface area contributed by atoms with Crippen LogP contribution in [0.25, 0.3) is 0 Å². The van der Waals surface area contributed by atoms with Crippen molar-refractivity contribution < 1.29 is 4.79 Å². The molecule has 1 fully saturated rings. The van der Waals surface area contributed by atoms with Crippen LogP contribution >= 0.6 is 0 Å². The number of nitriles is 1. The fourth-order valence-corrected chi connectivity index (χ4v) is 3.17. The molecule has 6 heteroatoms. The lowest BCUT2D eigenvalue weighted by Gasteiger charge is -2.40. The van der Waals surface area contributed by atoms with E-state index in [2.05, 4.69) is 32.8 Å². The lowest BCUT2D eigenvalue weighted by molar-refractivity contribution is 0.0948. The average Bonchev–Trinajstić information content (AvgIpc) is 2.67. The third-order valence-corrected chi connectivity index (χ3v) is 4.57. The van der Waals surface area contributed by atoms with Crippen LogP contribution in [0.1, 0.15) is 29.4 Å². The van der Waals surface area contributed by atoms with Crippen LogP contribution < -0.4 is 4.90 Å². The summed E-state index contributed by atoms with van der Waals surface area (Å²) in [6, 6.07) is 11.8. The van der Waals surface area contributed by atoms with E-state index in [1.54, 1.807) is 6.20 Å². The van der Waals surface area contributed by atoms with Crippen LogP contribution in [0.4, 0.5) is 5.82 Å². The van der Waals surface area contributed by atoms with E-state index in [4.69, 9.17) is 0 Å². The zero-order valence-corrected chi connectivity index (χ0v) is 14.3. The van der Waals surface area contributed by atoms with Crippen molar-refractivity contribution >= 4 is 11.6 Å². The van der Waals surface area contributed by atoms with Gasteiger partial charge in [0.1, 0.15) is 6.07 Å². The minimum Gasteiger partial charge on any atom is -0.351 e. The second-order valence-corrected chi connectivity index (χ2v) is 6.21. The smallest absolute Gasteiger partial charge is 0.183 e. The summed E-state index contributed by atoms with van der Waals surface area (Å²) in [7, 11) is 0. The number of hydrogen-bond acceptors (Lipinski definition) is 6. The number of Topliss-reactive ketones (excluding diaryl/α,β-unsaturated/α-hetero) is 1. The van der Waals surface area contributed by atoms with Crippen LogP contribution in [0.3, 0.4) is 0 Å². The van der Waals surface area contributed by atoms with Gasteiger partial charge < -0.3 is 4.90 Å². The van der Waals surface area contributed by atoms with Gasteiger partial charge in [-0.3, -0.25) is 9.69 Å². The molecule has 128 valence electrons. The van der Waals surface area contributed by atoms with Crippen molar-refractivity contribution in [2.24, 2.45) is 0 Å². The summed E-state index contributed by atoms with van der Waals surface area (Å²) in [6.45, 7) is 5.27. The Morgan fingerprint density at radius 3 is 2.72 bits per heavy atom. The zero-order chi connectivity index (χ0) is 17.6. The summed E-state index contributed by atoms with van der Waals surface area (Å²) in [5.74, 6) is 0.827. The molecule has 0 bridgehead atoms. The Hall–Kier alpha value is -2.78. The molecule has 6 nitrogen and oxygen atoms in total. The quantitative estimate of drug-likeness (QED) is 0.780. The predicted molar refractivity (Wildman–Crippen MR) is 95.4 cm³/mol. The Labute approximate surface area is 147 Å². The first-order chi connectivity index (χ1) is 12.2. The zero-order valence-electron chi connectivity index (χ0n) is 14.3. The summed E-state index contributed by atoms with van der Waals surface area (Å²) < 4.78 is 0. The van der Waals surface area contributed by atoms with Gasteiger partial charge in [0, 0.05) is 56.6 Å². The van der Waals surface area contributed by atoms with Gasteiger partial charge in [-0.1, -0.05) is 30.3 Å². The van der Waals surface area contributed by atoms with Crippen molar-refractivity contribution in [3.05, 3.63) is 54.0 Å². The lowest BCUT2D eigenvalue weighted by Crippen LogP contribution is -2.52. The molecule has 0 aliphatic carbocycles. The van der Waals surface area contributed by atoms with E-state index in [0.29, 0.717) is 17.9 Å². The second kappa shape index (κ2) is 7.86. The van der Waals surface area contributed by atoms with Gasteiger partial charge >= 0.3 is 0 Å². The number of carbonyl (C=O) groups excluding carboxylic acids is 1. The van der Waals surface area contributed by atoms with Gasteiger partial charge in [-0.05, 0) is 6.92 Å². The monoisotopic (exact) mass is 335 g/mol. The number of piperazine rings is 1. The van der Waals surface area contributed by atoms with Crippen molar-refractivity contribution in [1.82, 2.24) is 14.9 Å². The first-order valence-corrected chi connectivity index (χ1v) is 8.47. The number of aromatic nitrogens is 2. The van der Waals surface area contributed by atoms with E-state index in [-0.39, 0.29) is 11.8 Å². The summed E-state index contributed by atoms with van der Waals surface area (Å²) in [5, 5.41) is 9.19. The number of anilines is 1. The van der Waals surface area contributed by atoms with E-state index in [1.165, 1.54) is 6.20 Å². The molecule has 2 aromatic rings. The minimum atomic E-state index is 0.177. The highest BCUT2D eigenvalue weighted by molar-refractivity contribution is 5.96. The maximum absolute atomic E-state index is 12.3. The first kappa shape index (κ1) is 17.1. The number of hydrogen-bond donors (Lipinski definition) is 0. The van der Waals surface area contributed by atoms with E-state index < -0.39 is 0 Å². The highest BCUT2D eigenvalue weighted by Crippen LogP contribution is 2.19. The first-order valence-electron chi connectivity index (χ1n) is 8.47. The van der Waals surface area contributed by atoms with Crippen LogP contribution in [0.15, 0.2) is 42.7 Å². The Morgan fingerprint density at radius 1 is 1.24 bits per heavy atom. The SMILES string of the molecule is C[C@@H]1CN(c2nccnc2C#N)CCN1CCC(=O)c1ccccc1. The van der Waals surface area contributed by atoms with Crippen molar-refractivity contribution in [2.75, 3.05) is 31.1 Å².